The number of halogens is 1. The largest absolute Gasteiger partial charge is 0.376 e. The summed E-state index contributed by atoms with van der Waals surface area (Å²) in [5.74, 6) is 0.231. The molecule has 1 saturated carbocycles. The van der Waals surface area contributed by atoms with Crippen LogP contribution in [0.5, 0.6) is 0 Å². The van der Waals surface area contributed by atoms with Crippen molar-refractivity contribution in [2.45, 2.75) is 50.0 Å². The molecule has 1 spiro atoms. The van der Waals surface area contributed by atoms with Crippen molar-refractivity contribution in [2.24, 2.45) is 0 Å². The van der Waals surface area contributed by atoms with E-state index in [2.05, 4.69) is 12.2 Å². The molecule has 0 radical (unpaired) electrons. The number of ether oxygens (including phenoxy) is 1. The highest BCUT2D eigenvalue weighted by atomic mass is 35.5. The second-order valence-electron chi connectivity index (χ2n) is 6.33. The van der Waals surface area contributed by atoms with Crippen molar-refractivity contribution < 1.29 is 9.53 Å². The monoisotopic (exact) mass is 306 g/mol. The van der Waals surface area contributed by atoms with Crippen LogP contribution in [0.25, 0.3) is 0 Å². The van der Waals surface area contributed by atoms with E-state index >= 15 is 0 Å². The quantitative estimate of drug-likeness (QED) is 0.912. The highest BCUT2D eigenvalue weighted by Gasteiger charge is 2.61. The third kappa shape index (κ3) is 2.08. The highest BCUT2D eigenvalue weighted by molar-refractivity contribution is 6.30. The van der Waals surface area contributed by atoms with Crippen LogP contribution in [0, 0.1) is 0 Å². The average Bonchev–Trinajstić information content (AvgIpc) is 3.05. The first-order valence-electron chi connectivity index (χ1n) is 7.58. The summed E-state index contributed by atoms with van der Waals surface area (Å²) in [6.45, 7) is 2.78. The summed E-state index contributed by atoms with van der Waals surface area (Å²) >= 11 is 6.13. The Morgan fingerprint density at radius 2 is 2.24 bits per heavy atom. The molecule has 1 aliphatic carbocycles. The van der Waals surface area contributed by atoms with E-state index in [4.69, 9.17) is 16.3 Å². The van der Waals surface area contributed by atoms with Crippen LogP contribution in [0.3, 0.4) is 0 Å². The Balaban J connectivity index is 1.72. The van der Waals surface area contributed by atoms with E-state index in [-0.39, 0.29) is 29.8 Å². The molecule has 2 saturated heterocycles. The number of amides is 1. The summed E-state index contributed by atoms with van der Waals surface area (Å²) in [6, 6.07) is 7.93. The second kappa shape index (κ2) is 4.70. The first-order chi connectivity index (χ1) is 10.1. The molecule has 5 heteroatoms. The average molecular weight is 307 g/mol. The molecule has 1 aromatic carbocycles. The maximum absolute atomic E-state index is 12.9. The number of benzene rings is 1. The van der Waals surface area contributed by atoms with E-state index in [0.29, 0.717) is 5.02 Å². The van der Waals surface area contributed by atoms with Gasteiger partial charge in [-0.15, -0.1) is 0 Å². The Hall–Kier alpha value is -1.10. The van der Waals surface area contributed by atoms with Crippen LogP contribution in [0.15, 0.2) is 24.3 Å². The fraction of sp³-hybridized carbons (Fsp3) is 0.562. The molecule has 0 bridgehead atoms. The van der Waals surface area contributed by atoms with Crippen molar-refractivity contribution in [3.05, 3.63) is 34.9 Å². The van der Waals surface area contributed by atoms with Crippen LogP contribution in [-0.4, -0.2) is 35.1 Å². The fourth-order valence-electron chi connectivity index (χ4n) is 3.59. The van der Waals surface area contributed by atoms with Gasteiger partial charge in [0.05, 0.1) is 12.1 Å². The Morgan fingerprint density at radius 1 is 1.43 bits per heavy atom. The molecule has 3 atom stereocenters. The molecule has 2 aliphatic heterocycles. The number of carbonyl (C=O) groups excluding carboxylic acids is 1. The summed E-state index contributed by atoms with van der Waals surface area (Å²) in [4.78, 5) is 14.9. The molecule has 3 unspecified atom stereocenters. The van der Waals surface area contributed by atoms with Crippen molar-refractivity contribution in [2.75, 3.05) is 6.61 Å². The molecule has 1 amide bonds. The van der Waals surface area contributed by atoms with E-state index in [9.17, 15) is 4.79 Å². The van der Waals surface area contributed by atoms with Crippen LogP contribution in [0.2, 0.25) is 5.02 Å². The number of nitrogens with zero attached hydrogens (tertiary/aromatic N) is 1. The van der Waals surface area contributed by atoms with Gasteiger partial charge >= 0.3 is 0 Å². The summed E-state index contributed by atoms with van der Waals surface area (Å²) in [5.41, 5.74) is 0.730. The van der Waals surface area contributed by atoms with E-state index in [1.54, 1.807) is 0 Å². The number of carbonyl (C=O) groups is 1. The number of hydrogen-bond acceptors (Lipinski definition) is 3. The van der Waals surface area contributed by atoms with Crippen molar-refractivity contribution in [1.29, 1.82) is 0 Å². The minimum Gasteiger partial charge on any atom is -0.376 e. The normalized spacial score (nSPS) is 33.9. The van der Waals surface area contributed by atoms with Gasteiger partial charge in [-0.1, -0.05) is 23.7 Å². The molecule has 4 nitrogen and oxygen atoms in total. The van der Waals surface area contributed by atoms with Crippen molar-refractivity contribution in [3.63, 3.8) is 0 Å². The topological polar surface area (TPSA) is 41.6 Å². The third-order valence-electron chi connectivity index (χ3n) is 4.94. The highest BCUT2D eigenvalue weighted by Crippen LogP contribution is 2.48. The molecule has 0 aromatic heterocycles. The van der Waals surface area contributed by atoms with Gasteiger partial charge in [-0.25, -0.2) is 0 Å². The summed E-state index contributed by atoms with van der Waals surface area (Å²) < 4.78 is 5.67. The Morgan fingerprint density at radius 3 is 2.86 bits per heavy atom. The van der Waals surface area contributed by atoms with Crippen LogP contribution < -0.4 is 5.32 Å². The number of hydrogen-bond donors (Lipinski definition) is 1. The van der Waals surface area contributed by atoms with Crippen LogP contribution in [0.1, 0.15) is 37.9 Å². The van der Waals surface area contributed by atoms with Crippen LogP contribution >= 0.6 is 11.6 Å². The van der Waals surface area contributed by atoms with Gasteiger partial charge in [0.2, 0.25) is 5.91 Å². The van der Waals surface area contributed by atoms with E-state index in [0.717, 1.165) is 31.4 Å². The molecule has 21 heavy (non-hydrogen) atoms. The molecular formula is C16H19ClN2O2. The lowest BCUT2D eigenvalue weighted by Gasteiger charge is -2.32. The maximum atomic E-state index is 12.9. The van der Waals surface area contributed by atoms with E-state index in [1.165, 1.54) is 0 Å². The van der Waals surface area contributed by atoms with Gasteiger partial charge in [0, 0.05) is 11.6 Å². The van der Waals surface area contributed by atoms with Gasteiger partial charge in [0.25, 0.3) is 0 Å². The molecule has 4 rings (SSSR count). The third-order valence-corrected chi connectivity index (χ3v) is 5.18. The van der Waals surface area contributed by atoms with E-state index < -0.39 is 0 Å². The number of nitrogens with one attached hydrogen (secondary N) is 1. The zero-order valence-corrected chi connectivity index (χ0v) is 12.8. The van der Waals surface area contributed by atoms with Crippen molar-refractivity contribution in [1.82, 2.24) is 10.2 Å². The first-order valence-corrected chi connectivity index (χ1v) is 7.96. The molecule has 112 valence electrons. The zero-order valence-electron chi connectivity index (χ0n) is 12.0. The van der Waals surface area contributed by atoms with Gasteiger partial charge in [0.15, 0.2) is 0 Å². The first kappa shape index (κ1) is 13.6. The Bertz CT molecular complexity index is 587. The Kier molecular flexibility index (Phi) is 3.03. The second-order valence-corrected chi connectivity index (χ2v) is 6.76. The Labute approximate surface area is 129 Å². The van der Waals surface area contributed by atoms with Crippen LogP contribution in [-0.2, 0) is 9.53 Å². The molecular weight excluding hydrogens is 288 g/mol. The van der Waals surface area contributed by atoms with Crippen molar-refractivity contribution >= 4 is 17.5 Å². The van der Waals surface area contributed by atoms with Gasteiger partial charge in [0.1, 0.15) is 11.7 Å². The predicted molar refractivity (Wildman–Crippen MR) is 80.0 cm³/mol. The lowest BCUT2D eigenvalue weighted by Crippen LogP contribution is -2.44. The summed E-state index contributed by atoms with van der Waals surface area (Å²) in [5, 5.41) is 4.25. The lowest BCUT2D eigenvalue weighted by atomic mass is 10.1. The molecule has 3 aliphatic rings. The fourth-order valence-corrected chi connectivity index (χ4v) is 3.79. The van der Waals surface area contributed by atoms with Crippen molar-refractivity contribution in [3.8, 4) is 0 Å². The standard InChI is InChI=1S/C16H19ClN2O2/c1-10-13(5-8-21-10)19-14(11-3-2-4-12(17)9-11)18-16(6-7-16)15(19)20/h2-4,9-10,13-14,18H,5-8H2,1H3. The van der Waals surface area contributed by atoms with Gasteiger partial charge < -0.3 is 9.64 Å². The summed E-state index contributed by atoms with van der Waals surface area (Å²) in [7, 11) is 0. The maximum Gasteiger partial charge on any atom is 0.244 e. The summed E-state index contributed by atoms with van der Waals surface area (Å²) in [6.07, 6.45) is 2.77. The molecule has 2 heterocycles. The minimum atomic E-state index is -0.324. The van der Waals surface area contributed by atoms with Gasteiger partial charge in [-0.3, -0.25) is 10.1 Å². The SMILES string of the molecule is CC1OCCC1N1C(=O)C2(CC2)NC1c1cccc(Cl)c1. The van der Waals surface area contributed by atoms with Gasteiger partial charge in [-0.2, -0.15) is 0 Å². The minimum absolute atomic E-state index is 0.0892. The smallest absolute Gasteiger partial charge is 0.244 e. The molecule has 3 fully saturated rings. The van der Waals surface area contributed by atoms with Gasteiger partial charge in [-0.05, 0) is 43.9 Å². The van der Waals surface area contributed by atoms with Crippen LogP contribution in [0.4, 0.5) is 0 Å². The van der Waals surface area contributed by atoms with E-state index in [1.807, 2.05) is 29.2 Å². The number of rotatable bonds is 2. The zero-order chi connectivity index (χ0) is 14.6. The predicted octanol–water partition coefficient (Wildman–Crippen LogP) is 2.48. The molecule has 1 N–H and O–H groups in total. The molecule has 1 aromatic rings. The lowest BCUT2D eigenvalue weighted by molar-refractivity contribution is -0.134.